The van der Waals surface area contributed by atoms with Crippen molar-refractivity contribution in [2.45, 2.75) is 19.1 Å². The van der Waals surface area contributed by atoms with Crippen molar-refractivity contribution in [2.24, 2.45) is 0 Å². The summed E-state index contributed by atoms with van der Waals surface area (Å²) in [5, 5.41) is 9.47. The number of aliphatic hydroxyl groups is 1. The van der Waals surface area contributed by atoms with Crippen molar-refractivity contribution in [1.29, 1.82) is 0 Å². The molecule has 1 aromatic rings. The molecule has 1 unspecified atom stereocenters. The second-order valence-corrected chi connectivity index (χ2v) is 6.50. The van der Waals surface area contributed by atoms with E-state index in [9.17, 15) is 22.6 Å². The molecule has 13 heteroatoms. The minimum Gasteiger partial charge on any atom is -0.724 e. The Labute approximate surface area is 151 Å². The van der Waals surface area contributed by atoms with Crippen LogP contribution in [0.4, 0.5) is 4.79 Å². The predicted octanol–water partition coefficient (Wildman–Crippen LogP) is -4.41. The van der Waals surface area contributed by atoms with Crippen LogP contribution in [0.2, 0.25) is 0 Å². The number of hydrogen-bond donors (Lipinski definition) is 1. The van der Waals surface area contributed by atoms with Gasteiger partial charge in [-0.1, -0.05) is 11.3 Å². The molecule has 116 valence electrons. The van der Waals surface area contributed by atoms with Gasteiger partial charge < -0.3 is 14.6 Å². The molecule has 1 fully saturated rings. The van der Waals surface area contributed by atoms with E-state index >= 15 is 0 Å². The van der Waals surface area contributed by atoms with Crippen LogP contribution in [0.1, 0.15) is 16.6 Å². The van der Waals surface area contributed by atoms with Crippen LogP contribution in [-0.4, -0.2) is 51.8 Å². The largest absolute Gasteiger partial charge is 1.00 e. The normalized spacial score (nSPS) is 20.1. The van der Waals surface area contributed by atoms with Crippen LogP contribution >= 0.6 is 11.3 Å². The zero-order chi connectivity index (χ0) is 15.4. The fourth-order valence-corrected chi connectivity index (χ4v) is 3.98. The molecule has 0 aliphatic carbocycles. The van der Waals surface area contributed by atoms with E-state index in [1.807, 2.05) is 0 Å². The number of carbonyl (C=O) groups is 1. The van der Waals surface area contributed by atoms with E-state index in [1.54, 1.807) is 0 Å². The van der Waals surface area contributed by atoms with Crippen LogP contribution in [0.15, 0.2) is 4.79 Å². The smallest absolute Gasteiger partial charge is 0.724 e. The number of nitrogens with zero attached hydrogens (tertiary/aromatic N) is 3. The van der Waals surface area contributed by atoms with E-state index in [1.165, 1.54) is 9.47 Å². The van der Waals surface area contributed by atoms with Crippen LogP contribution < -0.4 is 34.4 Å². The molecule has 1 saturated heterocycles. The van der Waals surface area contributed by atoms with Gasteiger partial charge in [-0.15, -0.1) is 0 Å². The van der Waals surface area contributed by atoms with E-state index < -0.39 is 22.5 Å². The average Bonchev–Trinajstić information content (AvgIpc) is 2.82. The van der Waals surface area contributed by atoms with Gasteiger partial charge in [-0.05, 0) is 0 Å². The molecule has 2 aliphatic rings. The minimum atomic E-state index is -5.09. The van der Waals surface area contributed by atoms with E-state index in [-0.39, 0.29) is 60.7 Å². The average molecular weight is 359 g/mol. The van der Waals surface area contributed by atoms with Gasteiger partial charge in [0, 0.05) is 6.54 Å². The second-order valence-electron chi connectivity index (χ2n) is 4.54. The zero-order valence-electron chi connectivity index (χ0n) is 11.5. The molecule has 3 rings (SSSR count). The van der Waals surface area contributed by atoms with Crippen molar-refractivity contribution in [3.05, 3.63) is 20.2 Å². The topological polar surface area (TPSA) is 132 Å². The standard InChI is InChI=1S/C9H11N3O7S2.Na/c13-2-1-11-5-3-10-4-6(7(5)20-9(11)15)12(8(10)14)19-21(16,17)18;/h6,13H,1-4H2,(H,16,17,18);/q;+1/p-1. The Hall–Kier alpha value is -0.470. The third-order valence-corrected chi connectivity index (χ3v) is 4.77. The predicted molar refractivity (Wildman–Crippen MR) is 66.8 cm³/mol. The summed E-state index contributed by atoms with van der Waals surface area (Å²) in [7, 11) is -5.09. The first kappa shape index (κ1) is 17.9. The number of rotatable bonds is 4. The van der Waals surface area contributed by atoms with E-state index in [4.69, 9.17) is 5.11 Å². The number of urea groups is 1. The van der Waals surface area contributed by atoms with Gasteiger partial charge in [-0.2, -0.15) is 9.35 Å². The van der Waals surface area contributed by atoms with Crippen molar-refractivity contribution in [2.75, 3.05) is 13.2 Å². The quantitative estimate of drug-likeness (QED) is 0.326. The van der Waals surface area contributed by atoms with E-state index in [0.29, 0.717) is 15.6 Å². The van der Waals surface area contributed by atoms with Gasteiger partial charge in [0.05, 0.1) is 30.3 Å². The maximum absolute atomic E-state index is 12.0. The van der Waals surface area contributed by atoms with Gasteiger partial charge in [0.2, 0.25) is 10.4 Å². The molecule has 2 amide bonds. The molecule has 3 heterocycles. The molecule has 1 N–H and O–H groups in total. The summed E-state index contributed by atoms with van der Waals surface area (Å²) in [6.45, 7) is 0.0829. The Balaban J connectivity index is 0.00000176. The van der Waals surface area contributed by atoms with Crippen LogP contribution in [0.3, 0.4) is 0 Å². The fourth-order valence-electron chi connectivity index (χ4n) is 2.52. The summed E-state index contributed by atoms with van der Waals surface area (Å²) < 4.78 is 37.7. The van der Waals surface area contributed by atoms with Crippen LogP contribution in [0.25, 0.3) is 0 Å². The van der Waals surface area contributed by atoms with Gasteiger partial charge in [-0.3, -0.25) is 9.36 Å². The molecule has 0 radical (unpaired) electrons. The number of carbonyl (C=O) groups excluding carboxylic acids is 1. The first-order chi connectivity index (χ1) is 9.81. The van der Waals surface area contributed by atoms with Gasteiger partial charge in [-0.25, -0.2) is 13.2 Å². The molecule has 10 nitrogen and oxygen atoms in total. The third kappa shape index (κ3) is 2.97. The number of amides is 2. The molecule has 0 spiro atoms. The molecule has 22 heavy (non-hydrogen) atoms. The monoisotopic (exact) mass is 359 g/mol. The molecule has 2 bridgehead atoms. The van der Waals surface area contributed by atoms with Crippen LogP contribution in [0.5, 0.6) is 0 Å². The fraction of sp³-hybridized carbons (Fsp3) is 0.556. The number of hydroxylamine groups is 2. The Morgan fingerprint density at radius 2 is 2.09 bits per heavy atom. The summed E-state index contributed by atoms with van der Waals surface area (Å²) in [6, 6.07) is -1.56. The first-order valence-electron chi connectivity index (χ1n) is 5.88. The molecule has 2 aliphatic heterocycles. The Kier molecular flexibility index (Phi) is 5.04. The molecular formula is C9H10N3NaO7S2. The summed E-state index contributed by atoms with van der Waals surface area (Å²) >= 11 is 0.847. The third-order valence-electron chi connectivity index (χ3n) is 3.30. The number of hydrogen-bond acceptors (Lipinski definition) is 8. The maximum Gasteiger partial charge on any atom is 1.00 e. The van der Waals surface area contributed by atoms with Gasteiger partial charge in [0.15, 0.2) is 0 Å². The SMILES string of the molecule is O=C1N2Cc3c(sc(=O)n3CCO)C(C2)N1OS(=O)(=O)[O-].[Na+]. The van der Waals surface area contributed by atoms with Crippen molar-refractivity contribution in [3.8, 4) is 0 Å². The number of aliphatic hydroxyl groups excluding tert-OH is 1. The van der Waals surface area contributed by atoms with E-state index in [2.05, 4.69) is 4.28 Å². The number of thiazole rings is 1. The number of aromatic nitrogens is 1. The van der Waals surface area contributed by atoms with Gasteiger partial charge in [0.1, 0.15) is 6.04 Å². The zero-order valence-corrected chi connectivity index (χ0v) is 15.1. The minimum absolute atomic E-state index is 0. The molecular weight excluding hydrogens is 349 g/mol. The Morgan fingerprint density at radius 3 is 2.68 bits per heavy atom. The molecule has 1 atom stereocenters. The van der Waals surface area contributed by atoms with Crippen molar-refractivity contribution < 1.29 is 56.7 Å². The molecule has 0 aromatic carbocycles. The second kappa shape index (κ2) is 6.20. The summed E-state index contributed by atoms with van der Waals surface area (Å²) in [6.07, 6.45) is 0. The summed E-state index contributed by atoms with van der Waals surface area (Å²) in [5.74, 6) is 0. The van der Waals surface area contributed by atoms with Crippen LogP contribution in [0, 0.1) is 0 Å². The summed E-state index contributed by atoms with van der Waals surface area (Å²) in [4.78, 5) is 25.3. The van der Waals surface area contributed by atoms with Crippen LogP contribution in [-0.2, 0) is 27.8 Å². The van der Waals surface area contributed by atoms with E-state index in [0.717, 1.165) is 11.3 Å². The molecule has 0 saturated carbocycles. The van der Waals surface area contributed by atoms with Gasteiger partial charge >= 0.3 is 40.5 Å². The summed E-state index contributed by atoms with van der Waals surface area (Å²) in [5.41, 5.74) is 0.526. The maximum atomic E-state index is 12.0. The Bertz CT molecular complexity index is 758. The van der Waals surface area contributed by atoms with Crippen molar-refractivity contribution in [1.82, 2.24) is 14.5 Å². The molecule has 1 aromatic heterocycles. The number of fused-ring (bicyclic) bond motifs is 4. The Morgan fingerprint density at radius 1 is 1.41 bits per heavy atom. The first-order valence-corrected chi connectivity index (χ1v) is 8.03. The van der Waals surface area contributed by atoms with Gasteiger partial charge in [0.25, 0.3) is 0 Å². The van der Waals surface area contributed by atoms with Crippen molar-refractivity contribution in [3.63, 3.8) is 0 Å². The van der Waals surface area contributed by atoms with Crippen molar-refractivity contribution >= 4 is 27.8 Å².